The molecule has 1 saturated carbocycles. The van der Waals surface area contributed by atoms with Gasteiger partial charge >= 0.3 is 0 Å². The van der Waals surface area contributed by atoms with Gasteiger partial charge in [0, 0.05) is 6.54 Å². The van der Waals surface area contributed by atoms with Crippen molar-refractivity contribution in [1.82, 2.24) is 20.5 Å². The number of carbonyl (C=O) groups is 3. The maximum atomic E-state index is 14.0. The lowest BCUT2D eigenvalue weighted by molar-refractivity contribution is -0.142. The van der Waals surface area contributed by atoms with Crippen LogP contribution in [0.25, 0.3) is 10.4 Å². The van der Waals surface area contributed by atoms with Gasteiger partial charge in [-0.15, -0.1) is 11.3 Å². The maximum absolute atomic E-state index is 14.0. The number of hydrogen-bond acceptors (Lipinski definition) is 5. The van der Waals surface area contributed by atoms with Crippen LogP contribution in [0.15, 0.2) is 29.8 Å². The second kappa shape index (κ2) is 15.4. The highest BCUT2D eigenvalue weighted by atomic mass is 32.1. The number of rotatable bonds is 8. The molecule has 1 unspecified atom stereocenters. The summed E-state index contributed by atoms with van der Waals surface area (Å²) in [5.74, 6) is 0.0458. The molecule has 4 rings (SSSR count). The molecule has 2 heterocycles. The van der Waals surface area contributed by atoms with Crippen molar-refractivity contribution in [2.75, 3.05) is 6.54 Å². The van der Waals surface area contributed by atoms with E-state index in [1.807, 2.05) is 52.3 Å². The molecule has 1 aromatic carbocycles. The van der Waals surface area contributed by atoms with E-state index < -0.39 is 17.5 Å². The number of likely N-dealkylation sites (tertiary alicyclic amines) is 1. The lowest BCUT2D eigenvalue weighted by Gasteiger charge is -2.36. The predicted molar refractivity (Wildman–Crippen MR) is 178 cm³/mol. The molecule has 0 bridgehead atoms. The summed E-state index contributed by atoms with van der Waals surface area (Å²) in [6.45, 7) is 10.5. The third-order valence-corrected chi connectivity index (χ3v) is 10.2. The van der Waals surface area contributed by atoms with Crippen molar-refractivity contribution in [2.45, 2.75) is 129 Å². The third kappa shape index (κ3) is 9.16. The number of aryl methyl sites for hydroxylation is 1. The fraction of sp³-hybridized carbons (Fsp3) is 0.647. The fourth-order valence-corrected chi connectivity index (χ4v) is 7.40. The van der Waals surface area contributed by atoms with Crippen LogP contribution in [0.3, 0.4) is 0 Å². The van der Waals surface area contributed by atoms with E-state index in [1.54, 1.807) is 16.2 Å². The van der Waals surface area contributed by atoms with E-state index in [9.17, 15) is 14.4 Å². The zero-order chi connectivity index (χ0) is 31.0. The maximum Gasteiger partial charge on any atom is 0.246 e. The first-order valence-electron chi connectivity index (χ1n) is 16.4. The monoisotopic (exact) mass is 606 g/mol. The average molecular weight is 607 g/mol. The highest BCUT2D eigenvalue weighted by Gasteiger charge is 2.42. The molecule has 2 aliphatic rings. The molecular formula is C34H51BN4O3S. The summed E-state index contributed by atoms with van der Waals surface area (Å²) < 4.78 is 0. The first kappa shape index (κ1) is 33.2. The van der Waals surface area contributed by atoms with Crippen LogP contribution in [-0.2, 0) is 9.59 Å². The minimum atomic E-state index is -0.673. The van der Waals surface area contributed by atoms with Crippen molar-refractivity contribution in [2.24, 2.45) is 5.41 Å². The molecule has 1 saturated heterocycles. The molecule has 3 amide bonds. The molecule has 1 aliphatic carbocycles. The summed E-state index contributed by atoms with van der Waals surface area (Å²) in [6.07, 6.45) is 12.3. The van der Waals surface area contributed by atoms with Crippen LogP contribution in [0.5, 0.6) is 0 Å². The van der Waals surface area contributed by atoms with E-state index in [0.29, 0.717) is 26.1 Å². The minimum Gasteiger partial charge on any atom is -0.353 e. The first-order chi connectivity index (χ1) is 20.5. The van der Waals surface area contributed by atoms with Crippen molar-refractivity contribution in [3.8, 4) is 10.4 Å². The molecule has 1 aliphatic heterocycles. The summed E-state index contributed by atoms with van der Waals surface area (Å²) in [5, 5.41) is 6.28. The Labute approximate surface area is 263 Å². The second-order valence-corrected chi connectivity index (χ2v) is 14.7. The normalized spacial score (nSPS) is 20.2. The van der Waals surface area contributed by atoms with Gasteiger partial charge in [-0.3, -0.25) is 14.4 Å². The topological polar surface area (TPSA) is 91.4 Å². The molecule has 2 aromatic rings. The Morgan fingerprint density at radius 1 is 0.930 bits per heavy atom. The van der Waals surface area contributed by atoms with Gasteiger partial charge in [0.15, 0.2) is 5.81 Å². The largest absolute Gasteiger partial charge is 0.353 e. The van der Waals surface area contributed by atoms with Crippen molar-refractivity contribution < 1.29 is 14.4 Å². The van der Waals surface area contributed by atoms with Gasteiger partial charge in [-0.25, -0.2) is 4.98 Å². The summed E-state index contributed by atoms with van der Waals surface area (Å²) in [5.41, 5.74) is 4.52. The van der Waals surface area contributed by atoms with E-state index in [-0.39, 0.29) is 23.7 Å². The van der Waals surface area contributed by atoms with E-state index in [1.165, 1.54) is 44.9 Å². The molecule has 0 radical (unpaired) electrons. The molecule has 3 atom stereocenters. The molecule has 2 N–H and O–H groups in total. The Morgan fingerprint density at radius 2 is 1.56 bits per heavy atom. The van der Waals surface area contributed by atoms with Crippen LogP contribution in [0.4, 0.5) is 4.79 Å². The SMILES string of the molecule is Cc1ncsc1-c1ccc([C@H](C)NC(=O)[C@@H]2CCCN2C(=O)C(NC(=O)BC2CCCCCCCCC2)C(C)(C)C)cc1. The second-order valence-electron chi connectivity index (χ2n) is 13.8. The number of amides is 3. The number of carbonyl (C=O) groups excluding carboxylic acids is 3. The zero-order valence-corrected chi connectivity index (χ0v) is 27.7. The van der Waals surface area contributed by atoms with Gasteiger partial charge in [0.1, 0.15) is 12.1 Å². The Morgan fingerprint density at radius 3 is 2.14 bits per heavy atom. The lowest BCUT2D eigenvalue weighted by atomic mass is 9.59. The number of nitrogens with one attached hydrogen (secondary N) is 2. The summed E-state index contributed by atoms with van der Waals surface area (Å²) in [7, 11) is 0.475. The van der Waals surface area contributed by atoms with Crippen molar-refractivity contribution in [3.05, 3.63) is 41.0 Å². The van der Waals surface area contributed by atoms with Crippen LogP contribution in [-0.4, -0.2) is 53.4 Å². The van der Waals surface area contributed by atoms with Gasteiger partial charge in [-0.05, 0) is 43.2 Å². The fourth-order valence-electron chi connectivity index (χ4n) is 6.59. The van der Waals surface area contributed by atoms with Crippen molar-refractivity contribution in [3.63, 3.8) is 0 Å². The summed E-state index contributed by atoms with van der Waals surface area (Å²) >= 11 is 1.62. The molecular weight excluding hydrogens is 555 g/mol. The number of aromatic nitrogens is 1. The van der Waals surface area contributed by atoms with E-state index in [2.05, 4.69) is 27.8 Å². The molecule has 9 heteroatoms. The van der Waals surface area contributed by atoms with E-state index in [4.69, 9.17) is 0 Å². The minimum absolute atomic E-state index is 0.0406. The standard InChI is InChI=1S/C34H51BN4O3S/c1-23(25-17-19-26(20-18-25)29-24(2)36-22-43-29)37-31(40)28-16-13-21-39(28)32(41)30(34(3,4)5)38-33(42)35-27-14-11-9-7-6-8-10-12-15-27/h17-20,22-23,27-28,30,35H,6-16,21H2,1-5H3,(H,37,40)(H,38,42)/t23-,28-,30?/m0/s1. The number of thiazole rings is 1. The predicted octanol–water partition coefficient (Wildman–Crippen LogP) is 7.16. The smallest absolute Gasteiger partial charge is 0.246 e. The van der Waals surface area contributed by atoms with Crippen molar-refractivity contribution in [1.29, 1.82) is 0 Å². The van der Waals surface area contributed by atoms with Crippen molar-refractivity contribution >= 4 is 36.2 Å². The highest BCUT2D eigenvalue weighted by Crippen LogP contribution is 2.30. The van der Waals surface area contributed by atoms with Gasteiger partial charge < -0.3 is 15.5 Å². The van der Waals surface area contributed by atoms with Crippen LogP contribution in [0.1, 0.15) is 116 Å². The van der Waals surface area contributed by atoms with Gasteiger partial charge in [0.25, 0.3) is 0 Å². The van der Waals surface area contributed by atoms with Crippen LogP contribution < -0.4 is 10.6 Å². The first-order valence-corrected chi connectivity index (χ1v) is 17.3. The Balaban J connectivity index is 1.37. The third-order valence-electron chi connectivity index (χ3n) is 9.23. The number of hydrogen-bond donors (Lipinski definition) is 2. The summed E-state index contributed by atoms with van der Waals surface area (Å²) in [4.78, 5) is 48.0. The number of benzene rings is 1. The lowest BCUT2D eigenvalue weighted by Crippen LogP contribution is -2.58. The zero-order valence-electron chi connectivity index (χ0n) is 26.9. The average Bonchev–Trinajstić information content (AvgIpc) is 3.64. The van der Waals surface area contributed by atoms with E-state index >= 15 is 0 Å². The molecule has 1 aromatic heterocycles. The van der Waals surface area contributed by atoms with E-state index in [0.717, 1.165) is 41.0 Å². The van der Waals surface area contributed by atoms with Crippen LogP contribution in [0, 0.1) is 12.3 Å². The summed E-state index contributed by atoms with van der Waals surface area (Å²) in [6, 6.07) is 6.82. The molecule has 234 valence electrons. The molecule has 2 fully saturated rings. The molecule has 43 heavy (non-hydrogen) atoms. The van der Waals surface area contributed by atoms with Gasteiger partial charge in [-0.1, -0.05) is 109 Å². The molecule has 0 spiro atoms. The van der Waals surface area contributed by atoms with Gasteiger partial charge in [-0.2, -0.15) is 0 Å². The van der Waals surface area contributed by atoms with Crippen LogP contribution in [0.2, 0.25) is 5.82 Å². The van der Waals surface area contributed by atoms with Gasteiger partial charge in [0.2, 0.25) is 19.1 Å². The Kier molecular flexibility index (Phi) is 11.9. The van der Waals surface area contributed by atoms with Gasteiger partial charge in [0.05, 0.1) is 22.1 Å². The molecule has 7 nitrogen and oxygen atoms in total. The number of nitrogens with zero attached hydrogens (tertiary/aromatic N) is 2. The quantitative estimate of drug-likeness (QED) is 0.312. The Bertz CT molecular complexity index is 1210. The highest BCUT2D eigenvalue weighted by molar-refractivity contribution is 7.13. The van der Waals surface area contributed by atoms with Crippen LogP contribution >= 0.6 is 11.3 Å². The Hall–Kier alpha value is -2.68.